The van der Waals surface area contributed by atoms with E-state index < -0.39 is 71.2 Å². The summed E-state index contributed by atoms with van der Waals surface area (Å²) >= 11 is 11.7. The Bertz CT molecular complexity index is 2610. The number of hydrogen-bond donors (Lipinski definition) is 4. The van der Waals surface area contributed by atoms with Gasteiger partial charge in [-0.15, -0.1) is 12.4 Å². The number of nitrogens with one attached hydrogen (secondary N) is 3. The molecule has 0 aromatic heterocycles. The summed E-state index contributed by atoms with van der Waals surface area (Å²) in [6, 6.07) is 27.7. The van der Waals surface area contributed by atoms with Gasteiger partial charge < -0.3 is 54.8 Å². The number of benzene rings is 4. The molecule has 0 fully saturated rings. The molecule has 21 heteroatoms. The van der Waals surface area contributed by atoms with Crippen LogP contribution >= 0.6 is 35.6 Å². The van der Waals surface area contributed by atoms with Crippen LogP contribution in [0.5, 0.6) is 11.5 Å². The van der Waals surface area contributed by atoms with Gasteiger partial charge in [0.05, 0.1) is 10.8 Å². The van der Waals surface area contributed by atoms with Crippen LogP contribution in [0.4, 0.5) is 4.79 Å². The van der Waals surface area contributed by atoms with Crippen LogP contribution in [-0.2, 0) is 55.7 Å². The molecule has 0 unspecified atom stereocenters. The second-order valence-electron chi connectivity index (χ2n) is 20.5. The van der Waals surface area contributed by atoms with Crippen LogP contribution < -0.4 is 31.2 Å². The van der Waals surface area contributed by atoms with E-state index in [9.17, 15) is 33.6 Å². The molecule has 4 aromatic rings. The van der Waals surface area contributed by atoms with Crippen LogP contribution in [0.2, 0.25) is 10.0 Å². The monoisotopic (exact) mass is 1190 g/mol. The summed E-state index contributed by atoms with van der Waals surface area (Å²) in [7, 11) is 0. The van der Waals surface area contributed by atoms with Crippen molar-refractivity contribution in [2.75, 3.05) is 39.8 Å². The summed E-state index contributed by atoms with van der Waals surface area (Å²) in [5.74, 6) is -1.92. The maximum atomic E-state index is 12.9. The van der Waals surface area contributed by atoms with E-state index >= 15 is 0 Å². The van der Waals surface area contributed by atoms with Crippen molar-refractivity contribution in [3.05, 3.63) is 129 Å². The maximum absolute atomic E-state index is 12.9. The van der Waals surface area contributed by atoms with E-state index in [1.54, 1.807) is 121 Å². The molecular formula is C60H83Cl3N4O14. The quantitative estimate of drug-likeness (QED) is 0.0246. The van der Waals surface area contributed by atoms with Crippen molar-refractivity contribution < 1.29 is 66.7 Å². The molecule has 448 valence electrons. The minimum absolute atomic E-state index is 0. The fourth-order valence-corrected chi connectivity index (χ4v) is 7.67. The number of carbonyl (C=O) groups excluding carboxylic acids is 7. The zero-order chi connectivity index (χ0) is 59.0. The van der Waals surface area contributed by atoms with Crippen LogP contribution in [0.3, 0.4) is 0 Å². The predicted octanol–water partition coefficient (Wildman–Crippen LogP) is 11.2. The third kappa shape index (κ3) is 23.8. The van der Waals surface area contributed by atoms with Gasteiger partial charge in [-0.1, -0.05) is 82.6 Å². The predicted molar refractivity (Wildman–Crippen MR) is 315 cm³/mol. The highest BCUT2D eigenvalue weighted by atomic mass is 35.5. The van der Waals surface area contributed by atoms with Crippen molar-refractivity contribution in [1.82, 2.24) is 16.0 Å². The van der Waals surface area contributed by atoms with Gasteiger partial charge >= 0.3 is 30.0 Å². The normalized spacial score (nSPS) is 11.3. The van der Waals surface area contributed by atoms with Crippen LogP contribution in [0.1, 0.15) is 141 Å². The Kier molecular flexibility index (Phi) is 30.4. The fraction of sp³-hybridized carbons (Fsp3) is 0.483. The van der Waals surface area contributed by atoms with Crippen LogP contribution in [-0.4, -0.2) is 98.4 Å². The average Bonchev–Trinajstić information content (AvgIpc) is 3.41. The molecule has 4 aromatic carbocycles. The Morgan fingerprint density at radius 1 is 0.481 bits per heavy atom. The first-order valence-corrected chi connectivity index (χ1v) is 26.9. The van der Waals surface area contributed by atoms with Crippen LogP contribution in [0.15, 0.2) is 97.1 Å². The van der Waals surface area contributed by atoms with Gasteiger partial charge in [-0.3, -0.25) is 19.2 Å². The van der Waals surface area contributed by atoms with E-state index in [0.29, 0.717) is 84.3 Å². The van der Waals surface area contributed by atoms with E-state index in [4.69, 9.17) is 62.1 Å². The highest BCUT2D eigenvalue weighted by Gasteiger charge is 2.39. The van der Waals surface area contributed by atoms with Crippen LogP contribution in [0.25, 0.3) is 0 Å². The van der Waals surface area contributed by atoms with Gasteiger partial charge in [0.25, 0.3) is 11.8 Å². The third-order valence-electron chi connectivity index (χ3n) is 12.9. The van der Waals surface area contributed by atoms with E-state index in [1.807, 2.05) is 52.0 Å². The third-order valence-corrected chi connectivity index (χ3v) is 13.4. The Morgan fingerprint density at radius 2 is 0.815 bits per heavy atom. The van der Waals surface area contributed by atoms with Gasteiger partial charge in [0.1, 0.15) is 17.1 Å². The number of ether oxygens (including phenoxy) is 7. The minimum Gasteiger partial charge on any atom is -0.476 e. The molecule has 0 spiro atoms. The van der Waals surface area contributed by atoms with E-state index in [2.05, 4.69) is 16.0 Å². The van der Waals surface area contributed by atoms with Gasteiger partial charge in [0.2, 0.25) is 13.6 Å². The lowest BCUT2D eigenvalue weighted by molar-refractivity contribution is -0.184. The van der Waals surface area contributed by atoms with Crippen molar-refractivity contribution in [2.45, 2.75) is 139 Å². The molecule has 18 nitrogen and oxygen atoms in total. The Labute approximate surface area is 493 Å². The number of esters is 4. The summed E-state index contributed by atoms with van der Waals surface area (Å²) < 4.78 is 37.6. The Hall–Kier alpha value is -6.60. The number of alkyl carbamates (subject to hydrolysis) is 1. The van der Waals surface area contributed by atoms with Gasteiger partial charge in [-0.2, -0.15) is 0 Å². The molecule has 0 aliphatic carbocycles. The molecule has 0 heterocycles. The lowest BCUT2D eigenvalue weighted by Crippen LogP contribution is -2.45. The smallest absolute Gasteiger partial charge is 0.407 e. The van der Waals surface area contributed by atoms with Crippen molar-refractivity contribution in [2.24, 2.45) is 16.6 Å². The average molecular weight is 1190 g/mol. The summed E-state index contributed by atoms with van der Waals surface area (Å²) in [6.45, 7) is 18.8. The lowest BCUT2D eigenvalue weighted by atomic mass is 9.82. The number of rotatable bonds is 27. The first-order chi connectivity index (χ1) is 37.2. The van der Waals surface area contributed by atoms with Crippen molar-refractivity contribution in [3.63, 3.8) is 0 Å². The van der Waals surface area contributed by atoms with Gasteiger partial charge in [-0.25, -0.2) is 14.4 Å². The first-order valence-electron chi connectivity index (χ1n) is 26.2. The lowest BCUT2D eigenvalue weighted by Gasteiger charge is -2.30. The molecule has 0 aliphatic heterocycles. The number of carbonyl (C=O) groups is 7. The molecule has 0 saturated heterocycles. The molecule has 0 atom stereocenters. The summed E-state index contributed by atoms with van der Waals surface area (Å²) in [4.78, 5) is 87.0. The fourth-order valence-electron chi connectivity index (χ4n) is 7.42. The Morgan fingerprint density at radius 3 is 1.14 bits per heavy atom. The number of nitrogens with two attached hydrogens (primary N) is 1. The van der Waals surface area contributed by atoms with Crippen molar-refractivity contribution in [1.29, 1.82) is 0 Å². The van der Waals surface area contributed by atoms with Crippen LogP contribution in [0, 0.1) is 10.8 Å². The largest absolute Gasteiger partial charge is 0.476 e. The number of amides is 3. The number of halogens is 3. The molecule has 0 aliphatic rings. The van der Waals surface area contributed by atoms with Crippen molar-refractivity contribution in [3.8, 4) is 11.5 Å². The van der Waals surface area contributed by atoms with Gasteiger partial charge in [0.15, 0.2) is 11.2 Å². The molecule has 4 rings (SSSR count). The summed E-state index contributed by atoms with van der Waals surface area (Å²) in [6.07, 6.45) is 2.44. The zero-order valence-electron chi connectivity index (χ0n) is 47.7. The van der Waals surface area contributed by atoms with E-state index in [-0.39, 0.29) is 44.7 Å². The molecule has 0 radical (unpaired) electrons. The van der Waals surface area contributed by atoms with Crippen molar-refractivity contribution >= 4 is 77.4 Å². The van der Waals surface area contributed by atoms with E-state index in [1.165, 1.54) is 0 Å². The Balaban J connectivity index is 0.000000802. The standard InChI is InChI=1S/C32H43ClN2O8.C27H35ClN2O6.CH4.ClH/c1-8-32(9-2,20-35-29(39)43-30(3,4)5)28(38)41-21-40-27(37)31(6,7)42-25-16-10-22(11-17-25)18-19-34-26(36)23-12-14-24(33)15-13-23;1-5-27(6-2,17-29)25(33)35-18-34-24(32)26(3,4)36-22-13-7-19(8-14-22)15-16-30-23(31)20-9-11-21(28)12-10-20;;/h10-17H,8-9,18-21H2,1-7H3,(H,34,36)(H,35,39);7-14H,5-6,15-18,29H2,1-4H3,(H,30,31);1H4;1H. The summed E-state index contributed by atoms with van der Waals surface area (Å²) in [5.41, 5.74) is 3.64. The topological polar surface area (TPSA) is 246 Å². The molecule has 5 N–H and O–H groups in total. The molecule has 81 heavy (non-hydrogen) atoms. The highest BCUT2D eigenvalue weighted by molar-refractivity contribution is 6.31. The van der Waals surface area contributed by atoms with Gasteiger partial charge in [-0.05, 0) is 171 Å². The molecule has 0 saturated carbocycles. The maximum Gasteiger partial charge on any atom is 0.407 e. The second kappa shape index (κ2) is 34.0. The summed E-state index contributed by atoms with van der Waals surface area (Å²) in [5, 5.41) is 9.50. The van der Waals surface area contributed by atoms with E-state index in [0.717, 1.165) is 11.1 Å². The zero-order valence-corrected chi connectivity index (χ0v) is 50.0. The highest BCUT2D eigenvalue weighted by Crippen LogP contribution is 2.29. The molecule has 0 bridgehead atoms. The first kappa shape index (κ1) is 72.4. The minimum atomic E-state index is -1.37. The van der Waals surface area contributed by atoms with Gasteiger partial charge in [0, 0.05) is 47.4 Å². The number of hydrogen-bond acceptors (Lipinski definition) is 15. The molecular weight excluding hydrogens is 1110 g/mol. The SMILES string of the molecule is C.CCC(CC)(CN)C(=O)OCOC(=O)C(C)(C)Oc1ccc(CCNC(=O)c2ccc(Cl)cc2)cc1.CCC(CC)(CNC(=O)OC(C)(C)C)C(=O)OCOC(=O)C(C)(C)Oc1ccc(CCNC(=O)c2ccc(Cl)cc2)cc1.Cl. The second-order valence-corrected chi connectivity index (χ2v) is 21.4. The molecule has 3 amide bonds.